The Kier molecular flexibility index (Phi) is 7.02. The summed E-state index contributed by atoms with van der Waals surface area (Å²) in [6, 6.07) is 0. The van der Waals surface area contributed by atoms with Crippen molar-refractivity contribution >= 4 is 17.7 Å². The fourth-order valence-electron chi connectivity index (χ4n) is 1.26. The first kappa shape index (κ1) is 14.8. The van der Waals surface area contributed by atoms with Gasteiger partial charge < -0.3 is 10.4 Å². The highest BCUT2D eigenvalue weighted by atomic mass is 32.2. The van der Waals surface area contributed by atoms with E-state index in [1.54, 1.807) is 6.92 Å². The zero-order chi connectivity index (χ0) is 11.9. The van der Waals surface area contributed by atoms with E-state index in [0.29, 0.717) is 18.9 Å². The van der Waals surface area contributed by atoms with Crippen LogP contribution in [0.2, 0.25) is 0 Å². The Balaban J connectivity index is 3.92. The zero-order valence-electron chi connectivity index (χ0n) is 10.2. The van der Waals surface area contributed by atoms with Crippen LogP contribution in [-0.2, 0) is 4.79 Å². The summed E-state index contributed by atoms with van der Waals surface area (Å²) in [4.78, 5) is 11.1. The van der Waals surface area contributed by atoms with Gasteiger partial charge in [0.05, 0.1) is 0 Å². The summed E-state index contributed by atoms with van der Waals surface area (Å²) in [5, 5.41) is 12.1. The monoisotopic (exact) mass is 233 g/mol. The van der Waals surface area contributed by atoms with Gasteiger partial charge in [-0.2, -0.15) is 11.8 Å². The highest BCUT2D eigenvalue weighted by Gasteiger charge is 2.31. The fraction of sp³-hybridized carbons (Fsp3) is 0.909. The molecule has 0 bridgehead atoms. The quantitative estimate of drug-likeness (QED) is 0.631. The van der Waals surface area contributed by atoms with Crippen LogP contribution >= 0.6 is 11.8 Å². The average molecular weight is 233 g/mol. The van der Waals surface area contributed by atoms with Crippen LogP contribution in [0.5, 0.6) is 0 Å². The lowest BCUT2D eigenvalue weighted by Crippen LogP contribution is -2.49. The van der Waals surface area contributed by atoms with E-state index in [1.807, 2.05) is 18.7 Å². The summed E-state index contributed by atoms with van der Waals surface area (Å²) >= 11 is 1.83. The molecule has 0 heterocycles. The topological polar surface area (TPSA) is 49.3 Å². The number of hydrogen-bond donors (Lipinski definition) is 2. The van der Waals surface area contributed by atoms with E-state index >= 15 is 0 Å². The van der Waals surface area contributed by atoms with Gasteiger partial charge in [0.25, 0.3) is 0 Å². The first-order chi connectivity index (χ1) is 6.92. The van der Waals surface area contributed by atoms with Crippen molar-refractivity contribution in [3.05, 3.63) is 0 Å². The molecule has 4 heteroatoms. The SMILES string of the molecule is CCNC(C)(CCSCC(C)C)C(=O)O. The molecule has 0 aliphatic heterocycles. The van der Waals surface area contributed by atoms with Crippen molar-refractivity contribution in [2.75, 3.05) is 18.1 Å². The molecule has 0 aromatic heterocycles. The molecular weight excluding hydrogens is 210 g/mol. The van der Waals surface area contributed by atoms with Crippen LogP contribution in [-0.4, -0.2) is 34.7 Å². The van der Waals surface area contributed by atoms with Crippen LogP contribution in [0.4, 0.5) is 0 Å². The lowest BCUT2D eigenvalue weighted by atomic mass is 9.99. The molecule has 0 aromatic carbocycles. The molecule has 0 radical (unpaired) electrons. The van der Waals surface area contributed by atoms with Gasteiger partial charge in [-0.05, 0) is 37.3 Å². The third-order valence-electron chi connectivity index (χ3n) is 2.24. The first-order valence-corrected chi connectivity index (χ1v) is 6.64. The van der Waals surface area contributed by atoms with Gasteiger partial charge in [-0.3, -0.25) is 4.79 Å². The maximum Gasteiger partial charge on any atom is 0.323 e. The normalized spacial score (nSPS) is 15.3. The van der Waals surface area contributed by atoms with E-state index in [0.717, 1.165) is 11.5 Å². The third-order valence-corrected chi connectivity index (χ3v) is 3.63. The number of carboxylic acids is 1. The lowest BCUT2D eigenvalue weighted by molar-refractivity contribution is -0.144. The molecule has 0 aromatic rings. The van der Waals surface area contributed by atoms with Crippen molar-refractivity contribution in [3.63, 3.8) is 0 Å². The summed E-state index contributed by atoms with van der Waals surface area (Å²) in [5.41, 5.74) is -0.765. The number of hydrogen-bond acceptors (Lipinski definition) is 3. The molecule has 90 valence electrons. The number of likely N-dealkylation sites (N-methyl/N-ethyl adjacent to an activating group) is 1. The number of carboxylic acid groups (broad SMARTS) is 1. The molecular formula is C11H23NO2S. The standard InChI is InChI=1S/C11H23NO2S/c1-5-12-11(4,10(13)14)6-7-15-8-9(2)3/h9,12H,5-8H2,1-4H3,(H,13,14). The number of aliphatic carboxylic acids is 1. The third kappa shape index (κ3) is 6.05. The van der Waals surface area contributed by atoms with Gasteiger partial charge in [0.1, 0.15) is 5.54 Å². The molecule has 0 rings (SSSR count). The Morgan fingerprint density at radius 2 is 2.13 bits per heavy atom. The summed E-state index contributed by atoms with van der Waals surface area (Å²) in [6.45, 7) is 8.73. The Labute approximate surface area is 97.0 Å². The minimum atomic E-state index is -0.765. The first-order valence-electron chi connectivity index (χ1n) is 5.48. The molecule has 1 unspecified atom stereocenters. The molecule has 0 saturated carbocycles. The van der Waals surface area contributed by atoms with Crippen LogP contribution in [0.1, 0.15) is 34.1 Å². The Morgan fingerprint density at radius 1 is 1.53 bits per heavy atom. The van der Waals surface area contributed by atoms with Gasteiger partial charge >= 0.3 is 5.97 Å². The van der Waals surface area contributed by atoms with Crippen LogP contribution < -0.4 is 5.32 Å². The van der Waals surface area contributed by atoms with Gasteiger partial charge in [-0.25, -0.2) is 0 Å². The Morgan fingerprint density at radius 3 is 2.53 bits per heavy atom. The summed E-state index contributed by atoms with van der Waals surface area (Å²) < 4.78 is 0. The highest BCUT2D eigenvalue weighted by Crippen LogP contribution is 2.16. The minimum Gasteiger partial charge on any atom is -0.480 e. The van der Waals surface area contributed by atoms with Crippen molar-refractivity contribution in [2.45, 2.75) is 39.7 Å². The summed E-state index contributed by atoms with van der Waals surface area (Å²) in [6.07, 6.45) is 0.674. The van der Waals surface area contributed by atoms with Crippen molar-refractivity contribution in [1.29, 1.82) is 0 Å². The van der Waals surface area contributed by atoms with Crippen molar-refractivity contribution in [2.24, 2.45) is 5.92 Å². The molecule has 15 heavy (non-hydrogen) atoms. The maximum absolute atomic E-state index is 11.1. The van der Waals surface area contributed by atoms with E-state index in [-0.39, 0.29) is 0 Å². The van der Waals surface area contributed by atoms with Crippen LogP contribution in [0.15, 0.2) is 0 Å². The van der Waals surface area contributed by atoms with Crippen molar-refractivity contribution in [3.8, 4) is 0 Å². The smallest absolute Gasteiger partial charge is 0.323 e. The minimum absolute atomic E-state index is 0.671. The van der Waals surface area contributed by atoms with E-state index in [2.05, 4.69) is 19.2 Å². The van der Waals surface area contributed by atoms with Crippen molar-refractivity contribution in [1.82, 2.24) is 5.32 Å². The second-order valence-corrected chi connectivity index (χ2v) is 5.54. The van der Waals surface area contributed by atoms with E-state index in [1.165, 1.54) is 0 Å². The largest absolute Gasteiger partial charge is 0.480 e. The molecule has 0 fully saturated rings. The van der Waals surface area contributed by atoms with Crippen LogP contribution in [0, 0.1) is 5.92 Å². The van der Waals surface area contributed by atoms with Gasteiger partial charge in [0, 0.05) is 0 Å². The van der Waals surface area contributed by atoms with Crippen molar-refractivity contribution < 1.29 is 9.90 Å². The summed E-state index contributed by atoms with van der Waals surface area (Å²) in [7, 11) is 0. The predicted molar refractivity (Wildman–Crippen MR) is 66.5 cm³/mol. The van der Waals surface area contributed by atoms with Gasteiger partial charge in [0.15, 0.2) is 0 Å². The number of carbonyl (C=O) groups is 1. The van der Waals surface area contributed by atoms with Gasteiger partial charge in [0.2, 0.25) is 0 Å². The number of rotatable bonds is 8. The molecule has 0 spiro atoms. The molecule has 0 aliphatic rings. The average Bonchev–Trinajstić information content (AvgIpc) is 2.12. The molecule has 3 nitrogen and oxygen atoms in total. The van der Waals surface area contributed by atoms with Crippen LogP contribution in [0.3, 0.4) is 0 Å². The van der Waals surface area contributed by atoms with Crippen LogP contribution in [0.25, 0.3) is 0 Å². The number of nitrogens with one attached hydrogen (secondary N) is 1. The van der Waals surface area contributed by atoms with E-state index in [9.17, 15) is 4.79 Å². The zero-order valence-corrected chi connectivity index (χ0v) is 11.0. The fourth-order valence-corrected chi connectivity index (χ4v) is 2.45. The molecule has 2 N–H and O–H groups in total. The number of thioether (sulfide) groups is 1. The van der Waals surface area contributed by atoms with Gasteiger partial charge in [-0.15, -0.1) is 0 Å². The second-order valence-electron chi connectivity index (χ2n) is 4.39. The Hall–Kier alpha value is -0.220. The molecule has 1 atom stereocenters. The predicted octanol–water partition coefficient (Wildman–Crippen LogP) is 2.22. The Bertz CT molecular complexity index is 197. The summed E-state index contributed by atoms with van der Waals surface area (Å²) in [5.74, 6) is 1.91. The molecule has 0 saturated heterocycles. The molecule has 0 amide bonds. The second kappa shape index (κ2) is 7.12. The maximum atomic E-state index is 11.1. The molecule has 0 aliphatic carbocycles. The van der Waals surface area contributed by atoms with Gasteiger partial charge in [-0.1, -0.05) is 20.8 Å². The highest BCUT2D eigenvalue weighted by molar-refractivity contribution is 7.99. The van der Waals surface area contributed by atoms with E-state index < -0.39 is 11.5 Å². The lowest BCUT2D eigenvalue weighted by Gasteiger charge is -2.25. The van der Waals surface area contributed by atoms with E-state index in [4.69, 9.17) is 5.11 Å².